The molecule has 5 nitrogen and oxygen atoms in total. The fourth-order valence-corrected chi connectivity index (χ4v) is 3.09. The predicted molar refractivity (Wildman–Crippen MR) is 123 cm³/mol. The second-order valence-electron chi connectivity index (χ2n) is 7.34. The second-order valence-corrected chi connectivity index (χ2v) is 7.34. The van der Waals surface area contributed by atoms with Crippen molar-refractivity contribution >= 4 is 17.8 Å². The highest BCUT2D eigenvalue weighted by Gasteiger charge is 2.13. The largest absolute Gasteiger partial charge is 0.507 e. The van der Waals surface area contributed by atoms with Crippen molar-refractivity contribution < 1.29 is 24.2 Å². The maximum atomic E-state index is 12.4. The number of aromatic hydroxyl groups is 1. The molecule has 0 atom stereocenters. The Kier molecular flexibility index (Phi) is 10.4. The monoisotopic (exact) mass is 424 g/mol. The van der Waals surface area contributed by atoms with E-state index in [0.717, 1.165) is 17.7 Å². The molecule has 0 heterocycles. The predicted octanol–water partition coefficient (Wildman–Crippen LogP) is 6.20. The molecular weight excluding hydrogens is 392 g/mol. The van der Waals surface area contributed by atoms with Gasteiger partial charge in [-0.25, -0.2) is 4.79 Å². The molecule has 0 aliphatic carbocycles. The fraction of sp³-hybridized carbons (Fsp3) is 0.385. The van der Waals surface area contributed by atoms with Crippen molar-refractivity contribution in [2.45, 2.75) is 52.4 Å². The molecule has 0 spiro atoms. The molecule has 2 rings (SSSR count). The van der Waals surface area contributed by atoms with E-state index in [1.165, 1.54) is 56.4 Å². The number of allylic oxidation sites excluding steroid dienone is 1. The quantitative estimate of drug-likeness (QED) is 0.179. The molecule has 0 aliphatic rings. The molecule has 0 aliphatic heterocycles. The standard InChI is InChI=1S/C26H32O5/c1-3-5-6-7-8-9-18-31-22-14-10-20(11-15-22)12-17-24(27)23-16-13-21(19-25(23)28)26(29)30-4-2/h10-17,19,28H,3-9,18H2,1-2H3/b17-12+. The van der Waals surface area contributed by atoms with Crippen LogP contribution in [0, 0.1) is 0 Å². The second kappa shape index (κ2) is 13.3. The number of hydrogen-bond acceptors (Lipinski definition) is 5. The lowest BCUT2D eigenvalue weighted by molar-refractivity contribution is 0.0525. The number of carbonyl (C=O) groups excluding carboxylic acids is 2. The van der Waals surface area contributed by atoms with Crippen molar-refractivity contribution in [3.8, 4) is 11.5 Å². The molecular formula is C26H32O5. The van der Waals surface area contributed by atoms with Gasteiger partial charge >= 0.3 is 5.97 Å². The summed E-state index contributed by atoms with van der Waals surface area (Å²) in [6.07, 6.45) is 10.4. The molecule has 0 amide bonds. The Labute approximate surface area is 184 Å². The lowest BCUT2D eigenvalue weighted by Crippen LogP contribution is -2.05. The van der Waals surface area contributed by atoms with E-state index in [0.29, 0.717) is 6.61 Å². The summed E-state index contributed by atoms with van der Waals surface area (Å²) in [5.41, 5.74) is 1.18. The van der Waals surface area contributed by atoms with E-state index in [1.807, 2.05) is 24.3 Å². The van der Waals surface area contributed by atoms with Gasteiger partial charge in [0.05, 0.1) is 24.3 Å². The number of benzene rings is 2. The van der Waals surface area contributed by atoms with E-state index >= 15 is 0 Å². The van der Waals surface area contributed by atoms with Crippen LogP contribution < -0.4 is 4.74 Å². The molecule has 0 unspecified atom stereocenters. The molecule has 0 aromatic heterocycles. The lowest BCUT2D eigenvalue weighted by Gasteiger charge is -2.06. The zero-order chi connectivity index (χ0) is 22.5. The van der Waals surface area contributed by atoms with Gasteiger partial charge in [0.25, 0.3) is 0 Å². The maximum Gasteiger partial charge on any atom is 0.338 e. The summed E-state index contributed by atoms with van der Waals surface area (Å²) in [5, 5.41) is 10.1. The molecule has 0 saturated carbocycles. The van der Waals surface area contributed by atoms with Crippen molar-refractivity contribution in [1.29, 1.82) is 0 Å². The molecule has 0 bridgehead atoms. The number of ether oxygens (including phenoxy) is 2. The minimum atomic E-state index is -0.536. The van der Waals surface area contributed by atoms with Crippen LogP contribution in [0.2, 0.25) is 0 Å². The third-order valence-electron chi connectivity index (χ3n) is 4.85. The van der Waals surface area contributed by atoms with Crippen LogP contribution in [0.5, 0.6) is 11.5 Å². The average molecular weight is 425 g/mol. The molecule has 0 fully saturated rings. The minimum Gasteiger partial charge on any atom is -0.507 e. The highest BCUT2D eigenvalue weighted by atomic mass is 16.5. The van der Waals surface area contributed by atoms with Crippen LogP contribution in [-0.4, -0.2) is 30.1 Å². The van der Waals surface area contributed by atoms with Gasteiger partial charge in [-0.3, -0.25) is 4.79 Å². The zero-order valence-electron chi connectivity index (χ0n) is 18.4. The Morgan fingerprint density at radius 1 is 0.935 bits per heavy atom. The van der Waals surface area contributed by atoms with Crippen LogP contribution in [0.25, 0.3) is 6.08 Å². The van der Waals surface area contributed by atoms with Crippen molar-refractivity contribution in [3.05, 3.63) is 65.2 Å². The molecule has 1 N–H and O–H groups in total. The highest BCUT2D eigenvalue weighted by Crippen LogP contribution is 2.21. The Balaban J connectivity index is 1.85. The van der Waals surface area contributed by atoms with Gasteiger partial charge in [-0.1, -0.05) is 57.2 Å². The van der Waals surface area contributed by atoms with Crippen LogP contribution in [0.1, 0.15) is 78.7 Å². The van der Waals surface area contributed by atoms with Crippen molar-refractivity contribution in [3.63, 3.8) is 0 Å². The maximum absolute atomic E-state index is 12.4. The van der Waals surface area contributed by atoms with Gasteiger partial charge < -0.3 is 14.6 Å². The Bertz CT molecular complexity index is 868. The Morgan fingerprint density at radius 2 is 1.65 bits per heavy atom. The number of rotatable bonds is 13. The number of esters is 1. The Morgan fingerprint density at radius 3 is 2.32 bits per heavy atom. The topological polar surface area (TPSA) is 72.8 Å². The summed E-state index contributed by atoms with van der Waals surface area (Å²) >= 11 is 0. The number of carbonyl (C=O) groups is 2. The van der Waals surface area contributed by atoms with Gasteiger partial charge in [0.15, 0.2) is 5.78 Å². The first kappa shape index (κ1) is 24.2. The SMILES string of the molecule is CCCCCCCCOc1ccc(/C=C/C(=O)c2ccc(C(=O)OCC)cc2O)cc1. The van der Waals surface area contributed by atoms with Crippen molar-refractivity contribution in [1.82, 2.24) is 0 Å². The van der Waals surface area contributed by atoms with E-state index in [1.54, 1.807) is 13.0 Å². The third kappa shape index (κ3) is 8.28. The lowest BCUT2D eigenvalue weighted by atomic mass is 10.1. The third-order valence-corrected chi connectivity index (χ3v) is 4.85. The number of hydrogen-bond donors (Lipinski definition) is 1. The average Bonchev–Trinajstić information content (AvgIpc) is 2.77. The highest BCUT2D eigenvalue weighted by molar-refractivity contribution is 6.09. The summed E-state index contributed by atoms with van der Waals surface area (Å²) in [6.45, 7) is 4.87. The first-order chi connectivity index (χ1) is 15.0. The minimum absolute atomic E-state index is 0.128. The van der Waals surface area contributed by atoms with E-state index < -0.39 is 5.97 Å². The van der Waals surface area contributed by atoms with Crippen molar-refractivity contribution in [2.24, 2.45) is 0 Å². The fourth-order valence-electron chi connectivity index (χ4n) is 3.09. The van der Waals surface area contributed by atoms with Gasteiger partial charge in [-0.2, -0.15) is 0 Å². The molecule has 2 aromatic rings. The van der Waals surface area contributed by atoms with Gasteiger partial charge in [0.2, 0.25) is 0 Å². The van der Waals surface area contributed by atoms with Crippen LogP contribution in [-0.2, 0) is 4.74 Å². The first-order valence-electron chi connectivity index (χ1n) is 11.0. The normalized spacial score (nSPS) is 10.9. The number of unbranched alkanes of at least 4 members (excludes halogenated alkanes) is 5. The first-order valence-corrected chi connectivity index (χ1v) is 11.0. The smallest absolute Gasteiger partial charge is 0.338 e. The van der Waals surface area contributed by atoms with Gasteiger partial charge in [0.1, 0.15) is 11.5 Å². The Hall–Kier alpha value is -3.08. The van der Waals surface area contributed by atoms with E-state index in [-0.39, 0.29) is 29.3 Å². The summed E-state index contributed by atoms with van der Waals surface area (Å²) < 4.78 is 10.7. The molecule has 166 valence electrons. The number of phenols is 1. The van der Waals surface area contributed by atoms with E-state index in [4.69, 9.17) is 9.47 Å². The molecule has 31 heavy (non-hydrogen) atoms. The van der Waals surface area contributed by atoms with Crippen LogP contribution >= 0.6 is 0 Å². The van der Waals surface area contributed by atoms with Gasteiger partial charge in [-0.15, -0.1) is 0 Å². The van der Waals surface area contributed by atoms with Gasteiger partial charge in [-0.05, 0) is 55.3 Å². The van der Waals surface area contributed by atoms with Gasteiger partial charge in [0, 0.05) is 0 Å². The summed E-state index contributed by atoms with van der Waals surface area (Å²) in [4.78, 5) is 24.1. The summed E-state index contributed by atoms with van der Waals surface area (Å²) in [7, 11) is 0. The number of phenolic OH excluding ortho intramolecular Hbond substituents is 1. The summed E-state index contributed by atoms with van der Waals surface area (Å²) in [6, 6.07) is 11.7. The molecule has 0 saturated heterocycles. The molecule has 5 heteroatoms. The van der Waals surface area contributed by atoms with Crippen LogP contribution in [0.4, 0.5) is 0 Å². The number of ketones is 1. The summed E-state index contributed by atoms with van der Waals surface area (Å²) in [5.74, 6) is -0.328. The van der Waals surface area contributed by atoms with E-state index in [2.05, 4.69) is 6.92 Å². The zero-order valence-corrected chi connectivity index (χ0v) is 18.4. The van der Waals surface area contributed by atoms with Crippen molar-refractivity contribution in [2.75, 3.05) is 13.2 Å². The molecule has 0 radical (unpaired) electrons. The molecule has 2 aromatic carbocycles. The van der Waals surface area contributed by atoms with Crippen LogP contribution in [0.3, 0.4) is 0 Å². The van der Waals surface area contributed by atoms with Crippen LogP contribution in [0.15, 0.2) is 48.5 Å². The van der Waals surface area contributed by atoms with E-state index in [9.17, 15) is 14.7 Å².